The third-order valence-corrected chi connectivity index (χ3v) is 8.65. The fourth-order valence-electron chi connectivity index (χ4n) is 6.50. The molecule has 5 rings (SSSR count). The molecule has 2 nitrogen and oxygen atoms in total. The van der Waals surface area contributed by atoms with Crippen molar-refractivity contribution in [1.29, 1.82) is 0 Å². The molecule has 1 atom stereocenters. The van der Waals surface area contributed by atoms with E-state index in [1.54, 1.807) is 42.5 Å². The molecule has 40 heavy (non-hydrogen) atoms. The number of allylic oxidation sites excluding steroid dienone is 2. The smallest absolute Gasteiger partial charge is 0.323 e. The Kier molecular flexibility index (Phi) is 7.60. The maximum Gasteiger partial charge on any atom is 0.323 e. The number of hydrogen-bond acceptors (Lipinski definition) is 1. The van der Waals surface area contributed by atoms with Gasteiger partial charge in [-0.2, -0.15) is 26.5 Å². The van der Waals surface area contributed by atoms with Crippen LogP contribution in [0.3, 0.4) is 0 Å². The quantitative estimate of drug-likeness (QED) is 0.199. The highest BCUT2D eigenvalue weighted by molar-refractivity contribution is 6.10. The average Bonchev–Trinajstić information content (AvgIpc) is 3.58. The van der Waals surface area contributed by atoms with Crippen molar-refractivity contribution in [1.82, 2.24) is 0 Å². The van der Waals surface area contributed by atoms with Crippen LogP contribution in [-0.2, 0) is 5.41 Å². The Morgan fingerprint density at radius 3 is 2.20 bits per heavy atom. The fraction of sp³-hybridized carbons (Fsp3) is 0.364. The first-order valence-electron chi connectivity index (χ1n) is 14.0. The fourth-order valence-corrected chi connectivity index (χ4v) is 6.50. The van der Waals surface area contributed by atoms with Crippen molar-refractivity contribution in [2.24, 2.45) is 0 Å². The van der Waals surface area contributed by atoms with Crippen molar-refractivity contribution < 1.29 is 26.5 Å². The normalized spacial score (nSPS) is 19.6. The van der Waals surface area contributed by atoms with Crippen LogP contribution in [0.4, 0.5) is 33.3 Å². The monoisotopic (exact) mass is 553 g/mol. The zero-order valence-corrected chi connectivity index (χ0v) is 23.0. The lowest BCUT2D eigenvalue weighted by atomic mass is 9.71. The molecule has 7 heteroatoms. The van der Waals surface area contributed by atoms with E-state index in [0.29, 0.717) is 16.5 Å². The standard InChI is InChI=1S/C33H34F5N2/c1-4-39(5-2)24-18-14-22(15-19-24)16-21-28-32(3,33(37,38)30(34)31(35)36)29-26-13-9-6-10-23(26)17-20-27(29)40(28)25-11-7-8-12-25/h6,9-10,13-21,25H,4-5,7-8,11-12H2,1-3H3/q+1. The summed E-state index contributed by atoms with van der Waals surface area (Å²) >= 11 is 0. The van der Waals surface area contributed by atoms with Crippen molar-refractivity contribution >= 4 is 33.9 Å². The predicted octanol–water partition coefficient (Wildman–Crippen LogP) is 9.41. The van der Waals surface area contributed by atoms with Gasteiger partial charge in [-0.3, -0.25) is 0 Å². The second-order valence-corrected chi connectivity index (χ2v) is 10.7. The lowest BCUT2D eigenvalue weighted by Crippen LogP contribution is -2.49. The van der Waals surface area contributed by atoms with Crippen molar-refractivity contribution in [2.45, 2.75) is 63.8 Å². The molecule has 1 heterocycles. The summed E-state index contributed by atoms with van der Waals surface area (Å²) in [6.07, 6.45) is 3.74. The molecule has 210 valence electrons. The van der Waals surface area contributed by atoms with E-state index in [-0.39, 0.29) is 17.3 Å². The van der Waals surface area contributed by atoms with E-state index in [1.165, 1.54) is 6.92 Å². The Morgan fingerprint density at radius 1 is 0.925 bits per heavy atom. The highest BCUT2D eigenvalue weighted by Gasteiger charge is 2.67. The van der Waals surface area contributed by atoms with E-state index in [1.807, 2.05) is 34.9 Å². The maximum atomic E-state index is 16.2. The number of anilines is 1. The molecule has 0 spiro atoms. The SMILES string of the molecule is CCN(CC)c1ccc(C=CC2=[N+](C3CCCC3)c3ccc4ccccc4c3C2(C)C(F)(F)C(F)=C(F)F)cc1. The minimum Gasteiger partial charge on any atom is -0.372 e. The lowest BCUT2D eigenvalue weighted by molar-refractivity contribution is -0.480. The minimum atomic E-state index is -4.50. The number of rotatable bonds is 8. The summed E-state index contributed by atoms with van der Waals surface area (Å²) in [5, 5.41) is 1.20. The third-order valence-electron chi connectivity index (χ3n) is 8.65. The number of hydrogen-bond donors (Lipinski definition) is 0. The zero-order valence-electron chi connectivity index (χ0n) is 23.0. The van der Waals surface area contributed by atoms with Gasteiger partial charge in [0.15, 0.2) is 17.2 Å². The Labute approximate surface area is 232 Å². The summed E-state index contributed by atoms with van der Waals surface area (Å²) in [4.78, 5) is 2.20. The van der Waals surface area contributed by atoms with Gasteiger partial charge in [0.1, 0.15) is 0 Å². The second-order valence-electron chi connectivity index (χ2n) is 10.7. The van der Waals surface area contributed by atoms with Crippen LogP contribution in [0.1, 0.15) is 57.6 Å². The van der Waals surface area contributed by atoms with Crippen LogP contribution in [0.5, 0.6) is 0 Å². The summed E-state index contributed by atoms with van der Waals surface area (Å²) < 4.78 is 76.3. The van der Waals surface area contributed by atoms with Crippen molar-refractivity contribution in [3.05, 3.63) is 89.8 Å². The van der Waals surface area contributed by atoms with Gasteiger partial charge >= 0.3 is 12.0 Å². The van der Waals surface area contributed by atoms with Gasteiger partial charge in [-0.1, -0.05) is 36.4 Å². The van der Waals surface area contributed by atoms with Gasteiger partial charge in [-0.25, -0.2) is 0 Å². The van der Waals surface area contributed by atoms with Crippen LogP contribution in [0.15, 0.2) is 78.6 Å². The van der Waals surface area contributed by atoms with E-state index in [4.69, 9.17) is 0 Å². The lowest BCUT2D eigenvalue weighted by Gasteiger charge is -2.31. The first-order chi connectivity index (χ1) is 19.1. The number of fused-ring (bicyclic) bond motifs is 3. The Bertz CT molecular complexity index is 1490. The topological polar surface area (TPSA) is 6.25 Å². The number of halogens is 5. The molecule has 1 aliphatic heterocycles. The van der Waals surface area contributed by atoms with Crippen molar-refractivity contribution in [2.75, 3.05) is 18.0 Å². The summed E-state index contributed by atoms with van der Waals surface area (Å²) in [7, 11) is 0. The van der Waals surface area contributed by atoms with E-state index < -0.39 is 23.2 Å². The molecule has 0 amide bonds. The summed E-state index contributed by atoms with van der Waals surface area (Å²) in [6, 6.07) is 18.3. The summed E-state index contributed by atoms with van der Waals surface area (Å²) in [5.74, 6) is -7.18. The van der Waals surface area contributed by atoms with Crippen LogP contribution in [0.25, 0.3) is 16.8 Å². The molecule has 0 bridgehead atoms. The number of benzene rings is 3. The van der Waals surface area contributed by atoms with Gasteiger partial charge in [0.25, 0.3) is 0 Å². The summed E-state index contributed by atoms with van der Waals surface area (Å²) in [6.45, 7) is 7.05. The third kappa shape index (κ3) is 4.43. The van der Waals surface area contributed by atoms with E-state index >= 15 is 8.78 Å². The Balaban J connectivity index is 1.75. The van der Waals surface area contributed by atoms with Crippen LogP contribution in [0.2, 0.25) is 0 Å². The van der Waals surface area contributed by atoms with Gasteiger partial charge in [-0.05, 0) is 74.2 Å². The van der Waals surface area contributed by atoms with Gasteiger partial charge in [0, 0.05) is 43.8 Å². The van der Waals surface area contributed by atoms with Crippen LogP contribution >= 0.6 is 0 Å². The molecule has 1 unspecified atom stereocenters. The van der Waals surface area contributed by atoms with E-state index in [0.717, 1.165) is 50.0 Å². The number of nitrogens with zero attached hydrogens (tertiary/aromatic N) is 2. The Hall–Kier alpha value is -3.48. The molecule has 3 aromatic rings. The second kappa shape index (κ2) is 10.8. The summed E-state index contributed by atoms with van der Waals surface area (Å²) in [5.41, 5.74) is 0.265. The first-order valence-corrected chi connectivity index (χ1v) is 14.0. The van der Waals surface area contributed by atoms with Crippen LogP contribution in [0, 0.1) is 0 Å². The maximum absolute atomic E-state index is 16.2. The van der Waals surface area contributed by atoms with Gasteiger partial charge < -0.3 is 4.90 Å². The highest BCUT2D eigenvalue weighted by atomic mass is 19.3. The van der Waals surface area contributed by atoms with Crippen LogP contribution in [-0.4, -0.2) is 35.3 Å². The zero-order chi connectivity index (χ0) is 28.7. The molecule has 1 fully saturated rings. The highest BCUT2D eigenvalue weighted by Crippen LogP contribution is 2.56. The van der Waals surface area contributed by atoms with Gasteiger partial charge in [0.2, 0.25) is 11.5 Å². The van der Waals surface area contributed by atoms with Crippen LogP contribution < -0.4 is 4.90 Å². The molecule has 0 saturated heterocycles. The van der Waals surface area contributed by atoms with E-state index in [9.17, 15) is 13.2 Å². The number of alkyl halides is 2. The van der Waals surface area contributed by atoms with Crippen molar-refractivity contribution in [3.8, 4) is 0 Å². The van der Waals surface area contributed by atoms with Gasteiger partial charge in [0.05, 0.1) is 5.56 Å². The first kappa shape index (κ1) is 28.1. The largest absolute Gasteiger partial charge is 0.372 e. The molecule has 0 aromatic heterocycles. The molecular weight excluding hydrogens is 519 g/mol. The average molecular weight is 554 g/mol. The molecule has 1 aliphatic carbocycles. The molecule has 2 aliphatic rings. The molecule has 0 radical (unpaired) electrons. The molecule has 1 saturated carbocycles. The molecular formula is C33H34F5N2+. The van der Waals surface area contributed by atoms with E-state index in [2.05, 4.69) is 18.7 Å². The molecule has 3 aromatic carbocycles. The molecule has 0 N–H and O–H groups in total. The minimum absolute atomic E-state index is 0.0931. The van der Waals surface area contributed by atoms with Gasteiger partial charge in [-0.15, -0.1) is 0 Å². The predicted molar refractivity (Wildman–Crippen MR) is 153 cm³/mol. The Morgan fingerprint density at radius 2 is 1.57 bits per heavy atom. The van der Waals surface area contributed by atoms with Crippen molar-refractivity contribution in [3.63, 3.8) is 0 Å².